The average molecular weight is 456 g/mol. The Morgan fingerprint density at radius 1 is 1.21 bits per heavy atom. The number of nitrogens with one attached hydrogen (secondary N) is 2. The molecule has 0 saturated heterocycles. The summed E-state index contributed by atoms with van der Waals surface area (Å²) >= 11 is 0. The molecule has 0 amide bonds. The Labute approximate surface area is 155 Å². The molecule has 6 nitrogen and oxygen atoms in total. The maximum Gasteiger partial charge on any atom is 0.389 e. The van der Waals surface area contributed by atoms with Crippen LogP contribution in [0.15, 0.2) is 29.4 Å². The zero-order chi connectivity index (χ0) is 16.7. The number of aromatic nitrogens is 3. The molecule has 0 bridgehead atoms. The van der Waals surface area contributed by atoms with E-state index in [9.17, 15) is 13.2 Å². The van der Waals surface area contributed by atoms with Crippen LogP contribution in [0.4, 0.5) is 13.2 Å². The lowest BCUT2D eigenvalue weighted by Crippen LogP contribution is -2.37. The van der Waals surface area contributed by atoms with Crippen LogP contribution >= 0.6 is 24.0 Å². The van der Waals surface area contributed by atoms with Crippen LogP contribution < -0.4 is 10.6 Å². The summed E-state index contributed by atoms with van der Waals surface area (Å²) in [5.41, 5.74) is 0.749. The molecule has 2 N–H and O–H groups in total. The summed E-state index contributed by atoms with van der Waals surface area (Å²) in [5.74, 6) is 1.24. The molecule has 2 heterocycles. The van der Waals surface area contributed by atoms with E-state index in [4.69, 9.17) is 0 Å². The number of hydrogen-bond donors (Lipinski definition) is 2. The molecule has 2 aromatic heterocycles. The minimum Gasteiger partial charge on any atom is -0.356 e. The molecule has 2 rings (SSSR count). The molecule has 10 heteroatoms. The van der Waals surface area contributed by atoms with Gasteiger partial charge in [0, 0.05) is 26.2 Å². The van der Waals surface area contributed by atoms with Gasteiger partial charge >= 0.3 is 6.18 Å². The van der Waals surface area contributed by atoms with Crippen molar-refractivity contribution in [1.29, 1.82) is 0 Å². The number of unbranched alkanes of at least 4 members (excludes halogenated alkanes) is 1. The minimum atomic E-state index is -4.09. The van der Waals surface area contributed by atoms with Crippen molar-refractivity contribution in [3.8, 4) is 0 Å². The van der Waals surface area contributed by atoms with Gasteiger partial charge in [0.2, 0.25) is 0 Å². The van der Waals surface area contributed by atoms with E-state index in [1.54, 1.807) is 7.05 Å². The molecule has 0 unspecified atom stereocenters. The van der Waals surface area contributed by atoms with E-state index in [1.807, 2.05) is 28.8 Å². The fraction of sp³-hybridized carbons (Fsp3) is 0.500. The van der Waals surface area contributed by atoms with Crippen LogP contribution in [0.3, 0.4) is 0 Å². The Morgan fingerprint density at radius 3 is 2.71 bits per heavy atom. The molecule has 2 aromatic rings. The van der Waals surface area contributed by atoms with Gasteiger partial charge < -0.3 is 10.6 Å². The SMILES string of the molecule is CN=C(NCCCCC(F)(F)F)NCc1nnc2ccccn12.I. The smallest absolute Gasteiger partial charge is 0.356 e. The Balaban J connectivity index is 0.00000288. The second kappa shape index (κ2) is 9.64. The summed E-state index contributed by atoms with van der Waals surface area (Å²) in [7, 11) is 1.60. The lowest BCUT2D eigenvalue weighted by Gasteiger charge is -2.11. The predicted octanol–water partition coefficient (Wildman–Crippen LogP) is 2.74. The summed E-state index contributed by atoms with van der Waals surface area (Å²) in [6.45, 7) is 0.837. The zero-order valence-electron chi connectivity index (χ0n) is 13.2. The van der Waals surface area contributed by atoms with Crippen molar-refractivity contribution in [3.05, 3.63) is 30.2 Å². The Hall–Kier alpha value is -1.59. The third kappa shape index (κ3) is 6.49. The van der Waals surface area contributed by atoms with Crippen LogP contribution in [-0.4, -0.2) is 40.3 Å². The van der Waals surface area contributed by atoms with E-state index in [2.05, 4.69) is 25.8 Å². The molecular weight excluding hydrogens is 436 g/mol. The normalized spacial score (nSPS) is 12.1. The Morgan fingerprint density at radius 2 is 2.00 bits per heavy atom. The van der Waals surface area contributed by atoms with E-state index in [1.165, 1.54) is 0 Å². The van der Waals surface area contributed by atoms with Crippen molar-refractivity contribution in [2.24, 2.45) is 4.99 Å². The zero-order valence-corrected chi connectivity index (χ0v) is 15.5. The molecule has 0 saturated carbocycles. The first kappa shape index (κ1) is 20.5. The summed E-state index contributed by atoms with van der Waals surface area (Å²) in [5, 5.41) is 14.2. The van der Waals surface area contributed by atoms with E-state index in [0.29, 0.717) is 25.5 Å². The fourth-order valence-electron chi connectivity index (χ4n) is 2.05. The number of hydrogen-bond acceptors (Lipinski definition) is 3. The highest BCUT2D eigenvalue weighted by Gasteiger charge is 2.25. The van der Waals surface area contributed by atoms with E-state index < -0.39 is 12.6 Å². The van der Waals surface area contributed by atoms with Gasteiger partial charge in [-0.2, -0.15) is 13.2 Å². The van der Waals surface area contributed by atoms with Crippen LogP contribution in [-0.2, 0) is 6.54 Å². The van der Waals surface area contributed by atoms with Gasteiger partial charge in [0.25, 0.3) is 0 Å². The summed E-state index contributed by atoms with van der Waals surface area (Å²) < 4.78 is 38.0. The highest BCUT2D eigenvalue weighted by molar-refractivity contribution is 14.0. The molecule has 0 aliphatic rings. The summed E-state index contributed by atoms with van der Waals surface area (Å²) in [4.78, 5) is 4.03. The van der Waals surface area contributed by atoms with Crippen molar-refractivity contribution in [3.63, 3.8) is 0 Å². The largest absolute Gasteiger partial charge is 0.389 e. The standard InChI is InChI=1S/C14H19F3N6.HI/c1-18-13(19-8-4-3-7-14(15,16)17)20-10-12-22-21-11-6-2-5-9-23(11)12;/h2,5-6,9H,3-4,7-8,10H2,1H3,(H2,18,19,20);1H. The van der Waals surface area contributed by atoms with Gasteiger partial charge in [0.05, 0.1) is 6.54 Å². The predicted molar refractivity (Wildman–Crippen MR) is 96.5 cm³/mol. The second-order valence-corrected chi connectivity index (χ2v) is 4.97. The minimum absolute atomic E-state index is 0. The second-order valence-electron chi connectivity index (χ2n) is 4.97. The number of halogens is 4. The van der Waals surface area contributed by atoms with E-state index in [0.717, 1.165) is 11.5 Å². The van der Waals surface area contributed by atoms with Crippen molar-refractivity contribution < 1.29 is 13.2 Å². The van der Waals surface area contributed by atoms with Gasteiger partial charge in [0.1, 0.15) is 0 Å². The number of nitrogens with zero attached hydrogens (tertiary/aromatic N) is 4. The third-order valence-electron chi connectivity index (χ3n) is 3.20. The van der Waals surface area contributed by atoms with Gasteiger partial charge in [-0.1, -0.05) is 6.07 Å². The van der Waals surface area contributed by atoms with Crippen molar-refractivity contribution in [2.75, 3.05) is 13.6 Å². The number of aliphatic imine (C=N–C) groups is 1. The fourth-order valence-corrected chi connectivity index (χ4v) is 2.05. The summed E-state index contributed by atoms with van der Waals surface area (Å²) in [6, 6.07) is 5.61. The molecule has 24 heavy (non-hydrogen) atoms. The average Bonchev–Trinajstić information content (AvgIpc) is 2.92. The first-order valence-corrected chi connectivity index (χ1v) is 7.29. The van der Waals surface area contributed by atoms with Crippen molar-refractivity contribution in [2.45, 2.75) is 32.0 Å². The molecule has 0 radical (unpaired) electrons. The first-order valence-electron chi connectivity index (χ1n) is 7.29. The van der Waals surface area contributed by atoms with Crippen LogP contribution in [0.1, 0.15) is 25.1 Å². The van der Waals surface area contributed by atoms with Crippen LogP contribution in [0.25, 0.3) is 5.65 Å². The number of pyridine rings is 1. The number of fused-ring (bicyclic) bond motifs is 1. The van der Waals surface area contributed by atoms with Gasteiger partial charge in [-0.25, -0.2) is 0 Å². The maximum atomic E-state index is 12.0. The molecule has 0 aliphatic heterocycles. The quantitative estimate of drug-likeness (QED) is 0.304. The van der Waals surface area contributed by atoms with E-state index in [-0.39, 0.29) is 30.4 Å². The monoisotopic (exact) mass is 456 g/mol. The van der Waals surface area contributed by atoms with Gasteiger partial charge in [0.15, 0.2) is 17.4 Å². The molecule has 0 aliphatic carbocycles. The molecular formula is C14H20F3IN6. The Kier molecular flexibility index (Phi) is 8.22. The highest BCUT2D eigenvalue weighted by Crippen LogP contribution is 2.21. The number of guanidine groups is 1. The van der Waals surface area contributed by atoms with Gasteiger partial charge in [-0.15, -0.1) is 34.2 Å². The van der Waals surface area contributed by atoms with Crippen LogP contribution in [0.5, 0.6) is 0 Å². The first-order chi connectivity index (χ1) is 11.0. The van der Waals surface area contributed by atoms with Crippen molar-refractivity contribution in [1.82, 2.24) is 25.2 Å². The highest BCUT2D eigenvalue weighted by atomic mass is 127. The van der Waals surface area contributed by atoms with Crippen molar-refractivity contribution >= 4 is 35.6 Å². The van der Waals surface area contributed by atoms with E-state index >= 15 is 0 Å². The molecule has 0 fully saturated rings. The molecule has 0 atom stereocenters. The van der Waals surface area contributed by atoms with Gasteiger partial charge in [-0.3, -0.25) is 9.39 Å². The molecule has 134 valence electrons. The van der Waals surface area contributed by atoms with Gasteiger partial charge in [-0.05, 0) is 25.0 Å². The topological polar surface area (TPSA) is 66.6 Å². The number of alkyl halides is 3. The maximum absolute atomic E-state index is 12.0. The number of rotatable bonds is 6. The Bertz CT molecular complexity index is 655. The van der Waals surface area contributed by atoms with Crippen LogP contribution in [0.2, 0.25) is 0 Å². The summed E-state index contributed by atoms with van der Waals surface area (Å²) in [6.07, 6.45) is -2.46. The van der Waals surface area contributed by atoms with Crippen LogP contribution in [0, 0.1) is 0 Å². The third-order valence-corrected chi connectivity index (χ3v) is 3.20. The molecule has 0 spiro atoms. The lowest BCUT2D eigenvalue weighted by molar-refractivity contribution is -0.135. The lowest BCUT2D eigenvalue weighted by atomic mass is 10.2. The molecule has 0 aromatic carbocycles.